The highest BCUT2D eigenvalue weighted by molar-refractivity contribution is 7.85. The molecule has 0 saturated carbocycles. The Bertz CT molecular complexity index is 1200. The molecule has 1 saturated heterocycles. The molecule has 10 heteroatoms. The largest absolute Gasteiger partial charge is 0.541 e. The summed E-state index contributed by atoms with van der Waals surface area (Å²) in [6, 6.07) is 5.84. The van der Waals surface area contributed by atoms with E-state index in [1.807, 2.05) is 24.3 Å². The van der Waals surface area contributed by atoms with Crippen LogP contribution in [0.3, 0.4) is 0 Å². The number of carbonyl (C=O) groups is 1. The normalized spacial score (nSPS) is 24.1. The minimum absolute atomic E-state index is 0.0348. The van der Waals surface area contributed by atoms with Crippen LogP contribution in [0.2, 0.25) is 18.1 Å². The monoisotopic (exact) mass is 552 g/mol. The summed E-state index contributed by atoms with van der Waals surface area (Å²) >= 11 is 0. The van der Waals surface area contributed by atoms with Gasteiger partial charge < -0.3 is 18.6 Å². The van der Waals surface area contributed by atoms with Crippen molar-refractivity contribution in [3.05, 3.63) is 47.4 Å². The van der Waals surface area contributed by atoms with Crippen molar-refractivity contribution >= 4 is 24.2 Å². The summed E-state index contributed by atoms with van der Waals surface area (Å²) in [5, 5.41) is 0.0348. The van der Waals surface area contributed by atoms with Crippen LogP contribution in [0.4, 0.5) is 0 Å². The minimum Gasteiger partial charge on any atom is -0.541 e. The van der Waals surface area contributed by atoms with Gasteiger partial charge in [-0.25, -0.2) is 0 Å². The van der Waals surface area contributed by atoms with Gasteiger partial charge >= 0.3 is 0 Å². The van der Waals surface area contributed by atoms with Crippen molar-refractivity contribution in [2.75, 3.05) is 27.1 Å². The average Bonchev–Trinajstić information content (AvgIpc) is 3.06. The van der Waals surface area contributed by atoms with Crippen LogP contribution in [-0.2, 0) is 28.6 Å². The van der Waals surface area contributed by atoms with Gasteiger partial charge in [0.15, 0.2) is 11.5 Å². The third-order valence-electron chi connectivity index (χ3n) is 7.81. The molecule has 0 unspecified atom stereocenters. The number of ether oxygens (including phenoxy) is 3. The van der Waals surface area contributed by atoms with Crippen LogP contribution in [0, 0.1) is 11.3 Å². The highest BCUT2D eigenvalue weighted by Crippen LogP contribution is 2.58. The van der Waals surface area contributed by atoms with E-state index in [-0.39, 0.29) is 35.2 Å². The van der Waals surface area contributed by atoms with Crippen LogP contribution < -0.4 is 9.16 Å². The maximum absolute atomic E-state index is 12.6. The molecule has 3 atom stereocenters. The first-order chi connectivity index (χ1) is 17.0. The fourth-order valence-electron chi connectivity index (χ4n) is 4.60. The number of carbonyl (C=O) groups excluding carboxylic acids is 1. The third-order valence-corrected chi connectivity index (χ3v) is 12.8. The number of allylic oxidation sites excluding steroid dienone is 2. The predicted molar refractivity (Wildman–Crippen MR) is 144 cm³/mol. The number of rotatable bonds is 10. The smallest absolute Gasteiger partial charge is 0.264 e. The molecular formula is C27H40O8SSi. The van der Waals surface area contributed by atoms with E-state index in [4.69, 9.17) is 22.8 Å². The fourth-order valence-corrected chi connectivity index (χ4v) is 6.04. The average molecular weight is 553 g/mol. The summed E-state index contributed by atoms with van der Waals surface area (Å²) in [6.07, 6.45) is 4.95. The molecule has 1 aromatic rings. The van der Waals surface area contributed by atoms with E-state index < -0.39 is 23.9 Å². The van der Waals surface area contributed by atoms with E-state index in [1.54, 1.807) is 7.11 Å². The summed E-state index contributed by atoms with van der Waals surface area (Å²) in [6.45, 7) is 13.0. The van der Waals surface area contributed by atoms with Crippen molar-refractivity contribution in [1.29, 1.82) is 0 Å². The molecule has 2 aliphatic rings. The van der Waals surface area contributed by atoms with Crippen molar-refractivity contribution in [2.24, 2.45) is 11.3 Å². The molecule has 0 amide bonds. The second-order valence-corrected chi connectivity index (χ2v) is 17.7. The summed E-state index contributed by atoms with van der Waals surface area (Å²) in [5.74, 6) is 1.78. The topological polar surface area (TPSA) is 97.4 Å². The highest BCUT2D eigenvalue weighted by atomic mass is 32.2. The zero-order chi connectivity index (χ0) is 27.8. The van der Waals surface area contributed by atoms with Gasteiger partial charge in [0.25, 0.3) is 18.4 Å². The lowest BCUT2D eigenvalue weighted by molar-refractivity contribution is -0.114. The molecule has 1 heterocycles. The summed E-state index contributed by atoms with van der Waals surface area (Å²) in [4.78, 5) is 12.6. The molecule has 37 heavy (non-hydrogen) atoms. The molecule has 0 N–H and O–H groups in total. The van der Waals surface area contributed by atoms with Crippen molar-refractivity contribution < 1.29 is 36.0 Å². The number of hydrogen-bond donors (Lipinski definition) is 0. The first-order valence-corrected chi connectivity index (χ1v) is 17.2. The molecule has 1 aromatic carbocycles. The van der Waals surface area contributed by atoms with E-state index in [2.05, 4.69) is 40.8 Å². The number of hydrogen-bond acceptors (Lipinski definition) is 8. The lowest BCUT2D eigenvalue weighted by Crippen LogP contribution is -2.43. The molecule has 1 aliphatic heterocycles. The van der Waals surface area contributed by atoms with Gasteiger partial charge in [-0.05, 0) is 54.7 Å². The first kappa shape index (κ1) is 29.3. The van der Waals surface area contributed by atoms with Gasteiger partial charge in [-0.2, -0.15) is 8.42 Å². The maximum Gasteiger partial charge on any atom is 0.264 e. The van der Waals surface area contributed by atoms with Crippen LogP contribution in [0.15, 0.2) is 41.9 Å². The molecule has 0 spiro atoms. The van der Waals surface area contributed by atoms with Crippen LogP contribution in [0.5, 0.6) is 11.5 Å². The number of benzene rings is 1. The van der Waals surface area contributed by atoms with E-state index >= 15 is 0 Å². The highest BCUT2D eigenvalue weighted by Gasteiger charge is 2.53. The van der Waals surface area contributed by atoms with Gasteiger partial charge in [0.1, 0.15) is 17.6 Å². The Kier molecular flexibility index (Phi) is 8.27. The lowest BCUT2D eigenvalue weighted by Gasteiger charge is -2.37. The Morgan fingerprint density at radius 2 is 1.78 bits per heavy atom. The molecule has 3 rings (SSSR count). The van der Waals surface area contributed by atoms with Gasteiger partial charge in [0.05, 0.1) is 32.5 Å². The van der Waals surface area contributed by atoms with E-state index in [1.165, 1.54) is 13.2 Å². The van der Waals surface area contributed by atoms with Gasteiger partial charge in [0, 0.05) is 12.0 Å². The Morgan fingerprint density at radius 1 is 1.11 bits per heavy atom. The maximum atomic E-state index is 12.6. The Hall–Kier alpha value is -2.30. The molecular weight excluding hydrogens is 512 g/mol. The van der Waals surface area contributed by atoms with Crippen LogP contribution in [-0.4, -0.2) is 49.6 Å². The third kappa shape index (κ3) is 6.07. The Morgan fingerprint density at radius 3 is 2.35 bits per heavy atom. The molecule has 1 aliphatic carbocycles. The van der Waals surface area contributed by atoms with Crippen molar-refractivity contribution in [1.82, 2.24) is 0 Å². The number of ketones is 1. The number of fused-ring (bicyclic) bond motifs is 1. The molecule has 8 nitrogen and oxygen atoms in total. The summed E-state index contributed by atoms with van der Waals surface area (Å²) in [7, 11) is -2.53. The van der Waals surface area contributed by atoms with Crippen molar-refractivity contribution in [3.63, 3.8) is 0 Å². The SMILES string of the molecule is COC1=C[C@]2(CCCOS(C)(=O)=O)C(=CC1=O)O[C@H](c1ccc(O[Si](C)(C)C(C)(C)C)c(OC)c1)[C@@H]2C. The Balaban J connectivity index is 1.94. The fraction of sp³-hybridized carbons (Fsp3) is 0.593. The molecule has 206 valence electrons. The zero-order valence-electron chi connectivity index (χ0n) is 23.3. The van der Waals surface area contributed by atoms with Crippen LogP contribution >= 0.6 is 0 Å². The van der Waals surface area contributed by atoms with Crippen LogP contribution in [0.25, 0.3) is 0 Å². The van der Waals surface area contributed by atoms with Gasteiger partial charge in [0.2, 0.25) is 5.78 Å². The summed E-state index contributed by atoms with van der Waals surface area (Å²) in [5.41, 5.74) is 0.253. The van der Waals surface area contributed by atoms with E-state index in [0.717, 1.165) is 11.8 Å². The molecule has 0 radical (unpaired) electrons. The first-order valence-electron chi connectivity index (χ1n) is 12.5. The minimum atomic E-state index is -3.54. The second kappa shape index (κ2) is 10.5. The van der Waals surface area contributed by atoms with Gasteiger partial charge in [-0.1, -0.05) is 33.8 Å². The van der Waals surface area contributed by atoms with Crippen LogP contribution in [0.1, 0.15) is 52.2 Å². The van der Waals surface area contributed by atoms with E-state index in [0.29, 0.717) is 30.1 Å². The molecule has 1 fully saturated rings. The zero-order valence-corrected chi connectivity index (χ0v) is 25.2. The molecule has 0 aromatic heterocycles. The Labute approximate surface area is 222 Å². The van der Waals surface area contributed by atoms with E-state index in [9.17, 15) is 13.2 Å². The predicted octanol–water partition coefficient (Wildman–Crippen LogP) is 5.53. The van der Waals surface area contributed by atoms with Gasteiger partial charge in [-0.15, -0.1) is 0 Å². The summed E-state index contributed by atoms with van der Waals surface area (Å²) < 4.78 is 51.8. The van der Waals surface area contributed by atoms with Crippen molar-refractivity contribution in [3.8, 4) is 11.5 Å². The van der Waals surface area contributed by atoms with Gasteiger partial charge in [-0.3, -0.25) is 8.98 Å². The van der Waals surface area contributed by atoms with Crippen molar-refractivity contribution in [2.45, 2.75) is 64.8 Å². The standard InChI is InChI=1S/C27H40O8SSi/c1-18-25(19-11-12-21(22(15-19)31-5)35-37(8,9)26(2,3)4)34-24-16-20(28)23(32-6)17-27(18,24)13-10-14-33-36(7,29)30/h11-12,15-18,25H,10,13-14H2,1-9H3/t18-,25-,27-/m0/s1. The lowest BCUT2D eigenvalue weighted by atomic mass is 9.68. The molecule has 0 bridgehead atoms. The quantitative estimate of drug-likeness (QED) is 0.212. The number of methoxy groups -OCH3 is 2. The second-order valence-electron chi connectivity index (χ2n) is 11.4.